The molecule has 7 heteroatoms. The van der Waals surface area contributed by atoms with Crippen LogP contribution < -0.4 is 10.6 Å². The molecule has 0 amide bonds. The van der Waals surface area contributed by atoms with Crippen molar-refractivity contribution in [1.29, 1.82) is 5.26 Å². The average molecular weight is 295 g/mol. The second-order valence-corrected chi connectivity index (χ2v) is 6.00. The zero-order chi connectivity index (χ0) is 16.1. The summed E-state index contributed by atoms with van der Waals surface area (Å²) in [4.78, 5) is 0. The Hall–Kier alpha value is -0.540. The van der Waals surface area contributed by atoms with Gasteiger partial charge in [-0.3, -0.25) is 0 Å². The van der Waals surface area contributed by atoms with Crippen LogP contribution in [0.5, 0.6) is 0 Å². The first-order chi connectivity index (χ1) is 10.0. The van der Waals surface area contributed by atoms with Gasteiger partial charge in [-0.05, 0) is 24.3 Å². The molecule has 0 heterocycles. The molecule has 0 spiro atoms. The summed E-state index contributed by atoms with van der Waals surface area (Å²) in [6.45, 7) is 8.66. The molecule has 0 rings (SSSR count). The van der Waals surface area contributed by atoms with Crippen LogP contribution >= 0.6 is 0 Å². The second-order valence-electron chi connectivity index (χ2n) is 6.00. The van der Waals surface area contributed by atoms with Crippen molar-refractivity contribution in [3.05, 3.63) is 0 Å². The molecule has 4 unspecified atom stereocenters. The maximum atomic E-state index is 8.93. The molecular weight excluding hydrogens is 264 g/mol. The van der Waals surface area contributed by atoms with Gasteiger partial charge in [-0.25, -0.2) is 0 Å². The lowest BCUT2D eigenvalue weighted by Gasteiger charge is -2.18. The molecule has 0 aromatic heterocycles. The Labute approximate surface area is 131 Å². The number of hydrogen-bond acceptors (Lipinski definition) is 5. The molecule has 0 fully saturated rings. The van der Waals surface area contributed by atoms with Crippen LogP contribution in [0.4, 0.5) is 0 Å². The van der Waals surface area contributed by atoms with Gasteiger partial charge >= 0.3 is 0 Å². The molecule has 0 saturated heterocycles. The maximum Gasteiger partial charge on any atom is 0.276 e. The number of nitrogens with zero attached hydrogens (tertiary/aromatic N) is 1. The molecule has 5 nitrogen and oxygen atoms in total. The van der Waals surface area contributed by atoms with Gasteiger partial charge in [0.1, 0.15) is 7.85 Å². The number of nitriles is 1. The number of hydrogen-bond donors (Lipinski definition) is 3. The van der Waals surface area contributed by atoms with Crippen molar-refractivity contribution in [1.82, 2.24) is 10.6 Å². The first kappa shape index (κ1) is 20.5. The molecule has 3 N–H and O–H groups in total. The fourth-order valence-electron chi connectivity index (χ4n) is 1.75. The van der Waals surface area contributed by atoms with E-state index in [2.05, 4.69) is 45.3 Å². The Balaban J connectivity index is 3.55. The summed E-state index contributed by atoms with van der Waals surface area (Å²) in [6.07, 6.45) is 2.06. The summed E-state index contributed by atoms with van der Waals surface area (Å²) in [5.41, 5.74) is 0. The normalized spacial score (nSPS) is 16.7. The lowest BCUT2D eigenvalue weighted by atomic mass is 9.89. The van der Waals surface area contributed by atoms with Gasteiger partial charge in [0.2, 0.25) is 0 Å². The minimum atomic E-state index is -0.319. The first-order valence-corrected chi connectivity index (χ1v) is 8.08. The topological polar surface area (TPSA) is 77.3 Å². The molecule has 0 radical (unpaired) electrons. The summed E-state index contributed by atoms with van der Waals surface area (Å²) >= 11 is 0. The van der Waals surface area contributed by atoms with Gasteiger partial charge in [-0.2, -0.15) is 5.26 Å². The molecular formula is C14H31B2N3O2. The fraction of sp³-hybridized carbons (Fsp3) is 0.929. The molecule has 0 aliphatic heterocycles. The summed E-state index contributed by atoms with van der Waals surface area (Å²) < 4.78 is 5.70. The Kier molecular flexibility index (Phi) is 12.8. The van der Waals surface area contributed by atoms with Crippen LogP contribution in [0.25, 0.3) is 0 Å². The maximum absolute atomic E-state index is 8.93. The molecule has 21 heavy (non-hydrogen) atoms. The third-order valence-electron chi connectivity index (χ3n) is 3.64. The number of nitrogens with one attached hydrogen (secondary N) is 2. The molecule has 4 atom stereocenters. The lowest BCUT2D eigenvalue weighted by Crippen LogP contribution is -2.34. The van der Waals surface area contributed by atoms with Crippen LogP contribution in [0.3, 0.4) is 0 Å². The monoisotopic (exact) mass is 295 g/mol. The average Bonchev–Trinajstić information content (AvgIpc) is 2.50. The standard InChI is InChI=1S/C14H31B2N3O2/c1-11(7-18-12(2)4-15)10-21-16-5-13(3)19-8-14(6-17)9-20/h11-14,16,18-20H,4-5,7-10,15H2,1-3H3. The van der Waals surface area contributed by atoms with E-state index in [1.165, 1.54) is 0 Å². The minimum absolute atomic E-state index is 0.0899. The molecule has 0 aliphatic rings. The second kappa shape index (κ2) is 13.1. The van der Waals surface area contributed by atoms with E-state index in [9.17, 15) is 0 Å². The molecule has 0 aromatic rings. The van der Waals surface area contributed by atoms with Crippen molar-refractivity contribution in [3.63, 3.8) is 0 Å². The van der Waals surface area contributed by atoms with Gasteiger partial charge in [0, 0.05) is 19.7 Å². The molecule has 0 aliphatic carbocycles. The summed E-state index contributed by atoms with van der Waals surface area (Å²) in [5, 5.41) is 24.4. The van der Waals surface area contributed by atoms with Crippen molar-refractivity contribution in [2.24, 2.45) is 11.8 Å². The van der Waals surface area contributed by atoms with E-state index in [0.717, 1.165) is 33.3 Å². The Morgan fingerprint density at radius 2 is 1.90 bits per heavy atom. The number of aliphatic hydroxyl groups is 1. The van der Waals surface area contributed by atoms with Crippen molar-refractivity contribution < 1.29 is 9.76 Å². The smallest absolute Gasteiger partial charge is 0.276 e. The van der Waals surface area contributed by atoms with Crippen LogP contribution in [-0.4, -0.2) is 58.8 Å². The summed E-state index contributed by atoms with van der Waals surface area (Å²) in [5.74, 6) is 0.194. The van der Waals surface area contributed by atoms with E-state index < -0.39 is 0 Å². The molecule has 120 valence electrons. The van der Waals surface area contributed by atoms with E-state index in [0.29, 0.717) is 24.5 Å². The lowest BCUT2D eigenvalue weighted by molar-refractivity contribution is 0.248. The van der Waals surface area contributed by atoms with Crippen LogP contribution in [0, 0.1) is 23.2 Å². The third-order valence-corrected chi connectivity index (χ3v) is 3.64. The fourth-order valence-corrected chi connectivity index (χ4v) is 1.75. The first-order valence-electron chi connectivity index (χ1n) is 8.08. The van der Waals surface area contributed by atoms with Crippen molar-refractivity contribution >= 4 is 15.3 Å². The van der Waals surface area contributed by atoms with Gasteiger partial charge in [0.15, 0.2) is 0 Å². The van der Waals surface area contributed by atoms with Crippen molar-refractivity contribution in [2.75, 3.05) is 26.3 Å². The zero-order valence-electron chi connectivity index (χ0n) is 14.1. The van der Waals surface area contributed by atoms with E-state index in [1.807, 2.05) is 0 Å². The highest BCUT2D eigenvalue weighted by Crippen LogP contribution is 1.99. The van der Waals surface area contributed by atoms with Gasteiger partial charge in [-0.1, -0.05) is 27.1 Å². The predicted octanol–water partition coefficient (Wildman–Crippen LogP) is -0.451. The third kappa shape index (κ3) is 11.8. The zero-order valence-corrected chi connectivity index (χ0v) is 14.1. The van der Waals surface area contributed by atoms with Crippen LogP contribution in [0.15, 0.2) is 0 Å². The largest absolute Gasteiger partial charge is 0.439 e. The SMILES string of the molecule is BCC(C)NCC(C)COBCC(C)NCC(C#N)CO. The Morgan fingerprint density at radius 1 is 1.24 bits per heavy atom. The minimum Gasteiger partial charge on any atom is -0.439 e. The quantitative estimate of drug-likeness (QED) is 0.317. The van der Waals surface area contributed by atoms with Crippen LogP contribution in [0.1, 0.15) is 20.8 Å². The predicted molar refractivity (Wildman–Crippen MR) is 91.5 cm³/mol. The highest BCUT2D eigenvalue weighted by atomic mass is 16.4. The van der Waals surface area contributed by atoms with Gasteiger partial charge < -0.3 is 20.4 Å². The van der Waals surface area contributed by atoms with Crippen molar-refractivity contribution in [3.8, 4) is 6.07 Å². The highest BCUT2D eigenvalue weighted by molar-refractivity contribution is 6.27. The highest BCUT2D eigenvalue weighted by Gasteiger charge is 2.09. The van der Waals surface area contributed by atoms with Gasteiger partial charge in [-0.15, -0.1) is 0 Å². The molecule has 0 saturated carbocycles. The molecule has 0 bridgehead atoms. The van der Waals surface area contributed by atoms with Gasteiger partial charge in [0.05, 0.1) is 18.6 Å². The van der Waals surface area contributed by atoms with E-state index in [4.69, 9.17) is 15.0 Å². The number of aliphatic hydroxyl groups excluding tert-OH is 1. The Morgan fingerprint density at radius 3 is 2.48 bits per heavy atom. The molecule has 0 aromatic carbocycles. The Bertz CT molecular complexity index is 290. The van der Waals surface area contributed by atoms with Crippen LogP contribution in [0.2, 0.25) is 12.6 Å². The van der Waals surface area contributed by atoms with Crippen molar-refractivity contribution in [2.45, 2.75) is 45.5 Å². The summed E-state index contributed by atoms with van der Waals surface area (Å²) in [6, 6.07) is 2.92. The number of rotatable bonds is 13. The van der Waals surface area contributed by atoms with E-state index in [1.54, 1.807) is 0 Å². The van der Waals surface area contributed by atoms with E-state index in [-0.39, 0.29) is 12.5 Å². The van der Waals surface area contributed by atoms with Gasteiger partial charge in [0.25, 0.3) is 7.48 Å². The van der Waals surface area contributed by atoms with E-state index >= 15 is 0 Å². The summed E-state index contributed by atoms with van der Waals surface area (Å²) in [7, 11) is 2.90. The van der Waals surface area contributed by atoms with Crippen LogP contribution in [-0.2, 0) is 4.65 Å².